The Morgan fingerprint density at radius 2 is 1.96 bits per heavy atom. The second-order valence-electron chi connectivity index (χ2n) is 7.94. The summed E-state index contributed by atoms with van der Waals surface area (Å²) in [4.78, 5) is 29.1. The molecule has 0 radical (unpaired) electrons. The number of hydrogen-bond donors (Lipinski definition) is 0. The first-order valence-electron chi connectivity index (χ1n) is 9.43. The summed E-state index contributed by atoms with van der Waals surface area (Å²) in [6, 6.07) is 7.69. The quantitative estimate of drug-likeness (QED) is 0.815. The van der Waals surface area contributed by atoms with Crippen molar-refractivity contribution in [3.63, 3.8) is 0 Å². The first kappa shape index (κ1) is 17.8. The minimum Gasteiger partial charge on any atom is -0.381 e. The lowest BCUT2D eigenvalue weighted by Crippen LogP contribution is -2.46. The molecule has 0 N–H and O–H groups in total. The summed E-state index contributed by atoms with van der Waals surface area (Å²) in [5.74, 6) is 0.499. The van der Waals surface area contributed by atoms with Crippen LogP contribution in [0.2, 0.25) is 5.02 Å². The molecular formula is C20H25ClN2O3. The maximum Gasteiger partial charge on any atom is 0.228 e. The average Bonchev–Trinajstić information content (AvgIpc) is 3.26. The van der Waals surface area contributed by atoms with E-state index in [-0.39, 0.29) is 23.1 Å². The van der Waals surface area contributed by atoms with Gasteiger partial charge in [0, 0.05) is 49.6 Å². The summed E-state index contributed by atoms with van der Waals surface area (Å²) in [6.07, 6.45) is 3.27. The van der Waals surface area contributed by atoms with Crippen molar-refractivity contribution in [2.75, 3.05) is 32.8 Å². The number of benzene rings is 1. The molecule has 3 saturated heterocycles. The van der Waals surface area contributed by atoms with Crippen LogP contribution in [-0.2, 0) is 20.9 Å². The number of carbonyl (C=O) groups excluding carboxylic acids is 2. The summed E-state index contributed by atoms with van der Waals surface area (Å²) in [5, 5.41) is 0.711. The Labute approximate surface area is 159 Å². The lowest BCUT2D eigenvalue weighted by molar-refractivity contribution is -0.137. The molecular weight excluding hydrogens is 352 g/mol. The maximum atomic E-state index is 12.6. The van der Waals surface area contributed by atoms with E-state index in [1.165, 1.54) is 0 Å². The van der Waals surface area contributed by atoms with Gasteiger partial charge in [-0.2, -0.15) is 0 Å². The number of hydrogen-bond acceptors (Lipinski definition) is 3. The van der Waals surface area contributed by atoms with Gasteiger partial charge in [-0.3, -0.25) is 9.59 Å². The lowest BCUT2D eigenvalue weighted by atomic mass is 9.77. The highest BCUT2D eigenvalue weighted by molar-refractivity contribution is 6.30. The van der Waals surface area contributed by atoms with Gasteiger partial charge in [-0.15, -0.1) is 0 Å². The number of halogens is 1. The number of nitrogens with zero attached hydrogens (tertiary/aromatic N) is 2. The zero-order chi connectivity index (χ0) is 18.1. The summed E-state index contributed by atoms with van der Waals surface area (Å²) in [5.41, 5.74) is 1.14. The van der Waals surface area contributed by atoms with E-state index >= 15 is 0 Å². The molecule has 1 atom stereocenters. The van der Waals surface area contributed by atoms with Crippen molar-refractivity contribution in [1.82, 2.24) is 9.80 Å². The molecule has 1 spiro atoms. The van der Waals surface area contributed by atoms with Crippen molar-refractivity contribution >= 4 is 23.4 Å². The van der Waals surface area contributed by atoms with E-state index in [0.29, 0.717) is 31.2 Å². The Bertz CT molecular complexity index is 677. The normalized spacial score (nSPS) is 25.3. The Morgan fingerprint density at radius 1 is 1.23 bits per heavy atom. The van der Waals surface area contributed by atoms with E-state index in [2.05, 4.69) is 0 Å². The van der Waals surface area contributed by atoms with Crippen LogP contribution in [0, 0.1) is 11.3 Å². The average molecular weight is 377 g/mol. The topological polar surface area (TPSA) is 49.9 Å². The van der Waals surface area contributed by atoms with Crippen LogP contribution in [0.1, 0.15) is 31.2 Å². The molecule has 0 saturated carbocycles. The highest BCUT2D eigenvalue weighted by atomic mass is 35.5. The van der Waals surface area contributed by atoms with Crippen molar-refractivity contribution in [1.29, 1.82) is 0 Å². The SMILES string of the molecule is O=C1CC2(CCN(C(=O)[C@H]3CCOC3)CC2)CN1Cc1ccc(Cl)cc1. The van der Waals surface area contributed by atoms with Crippen molar-refractivity contribution in [2.45, 2.75) is 32.2 Å². The second-order valence-corrected chi connectivity index (χ2v) is 8.38. The third kappa shape index (κ3) is 3.60. The largest absolute Gasteiger partial charge is 0.381 e. The number of amides is 2. The van der Waals surface area contributed by atoms with Crippen LogP contribution in [0.15, 0.2) is 24.3 Å². The molecule has 0 aromatic heterocycles. The third-order valence-electron chi connectivity index (χ3n) is 6.11. The van der Waals surface area contributed by atoms with Crippen LogP contribution < -0.4 is 0 Å². The summed E-state index contributed by atoms with van der Waals surface area (Å²) < 4.78 is 5.35. The number of carbonyl (C=O) groups is 2. The van der Waals surface area contributed by atoms with Crippen molar-refractivity contribution in [2.24, 2.45) is 11.3 Å². The molecule has 5 nitrogen and oxygen atoms in total. The van der Waals surface area contributed by atoms with Gasteiger partial charge < -0.3 is 14.5 Å². The lowest BCUT2D eigenvalue weighted by Gasteiger charge is -2.39. The van der Waals surface area contributed by atoms with Crippen LogP contribution in [0.5, 0.6) is 0 Å². The molecule has 0 aliphatic carbocycles. The van der Waals surface area contributed by atoms with E-state index in [4.69, 9.17) is 16.3 Å². The highest BCUT2D eigenvalue weighted by Gasteiger charge is 2.45. The second kappa shape index (κ2) is 7.20. The first-order valence-corrected chi connectivity index (χ1v) is 9.81. The Hall–Kier alpha value is -1.59. The summed E-state index contributed by atoms with van der Waals surface area (Å²) in [7, 11) is 0. The van der Waals surface area contributed by atoms with Crippen LogP contribution >= 0.6 is 11.6 Å². The van der Waals surface area contributed by atoms with E-state index in [1.54, 1.807) is 0 Å². The summed E-state index contributed by atoms with van der Waals surface area (Å²) in [6.45, 7) is 4.22. The van der Waals surface area contributed by atoms with Crippen molar-refractivity contribution in [3.8, 4) is 0 Å². The van der Waals surface area contributed by atoms with Crippen LogP contribution in [0.25, 0.3) is 0 Å². The molecule has 1 aromatic carbocycles. The number of likely N-dealkylation sites (tertiary alicyclic amines) is 2. The Morgan fingerprint density at radius 3 is 2.62 bits per heavy atom. The van der Waals surface area contributed by atoms with E-state index in [9.17, 15) is 9.59 Å². The molecule has 2 amide bonds. The van der Waals surface area contributed by atoms with Gasteiger partial charge in [-0.1, -0.05) is 23.7 Å². The predicted molar refractivity (Wildman–Crippen MR) is 98.7 cm³/mol. The van der Waals surface area contributed by atoms with E-state index in [0.717, 1.165) is 44.5 Å². The number of rotatable bonds is 3. The molecule has 1 aromatic rings. The van der Waals surface area contributed by atoms with Gasteiger partial charge in [-0.25, -0.2) is 0 Å². The fourth-order valence-electron chi connectivity index (χ4n) is 4.46. The fourth-order valence-corrected chi connectivity index (χ4v) is 4.59. The summed E-state index contributed by atoms with van der Waals surface area (Å²) >= 11 is 5.94. The smallest absolute Gasteiger partial charge is 0.228 e. The van der Waals surface area contributed by atoms with E-state index in [1.807, 2.05) is 34.1 Å². The molecule has 3 aliphatic rings. The van der Waals surface area contributed by atoms with Gasteiger partial charge in [0.1, 0.15) is 0 Å². The zero-order valence-electron chi connectivity index (χ0n) is 15.0. The molecule has 3 fully saturated rings. The van der Waals surface area contributed by atoms with Gasteiger partial charge in [0.05, 0.1) is 12.5 Å². The minimum atomic E-state index is 0.0342. The minimum absolute atomic E-state index is 0.0342. The molecule has 140 valence electrons. The fraction of sp³-hybridized carbons (Fsp3) is 0.600. The maximum absolute atomic E-state index is 12.6. The molecule has 4 rings (SSSR count). The first-order chi connectivity index (χ1) is 12.5. The molecule has 0 unspecified atom stereocenters. The molecule has 6 heteroatoms. The monoisotopic (exact) mass is 376 g/mol. The van der Waals surface area contributed by atoms with Crippen LogP contribution in [-0.4, -0.2) is 54.5 Å². The molecule has 26 heavy (non-hydrogen) atoms. The van der Waals surface area contributed by atoms with Gasteiger partial charge in [0.2, 0.25) is 11.8 Å². The van der Waals surface area contributed by atoms with E-state index < -0.39 is 0 Å². The molecule has 3 heterocycles. The molecule has 0 bridgehead atoms. The number of piperidine rings is 1. The van der Waals surface area contributed by atoms with Gasteiger partial charge >= 0.3 is 0 Å². The van der Waals surface area contributed by atoms with Crippen LogP contribution in [0.3, 0.4) is 0 Å². The zero-order valence-corrected chi connectivity index (χ0v) is 15.7. The van der Waals surface area contributed by atoms with Crippen molar-refractivity contribution < 1.29 is 14.3 Å². The van der Waals surface area contributed by atoms with Gasteiger partial charge in [0.25, 0.3) is 0 Å². The Balaban J connectivity index is 1.34. The Kier molecular flexibility index (Phi) is 4.93. The van der Waals surface area contributed by atoms with Crippen LogP contribution in [0.4, 0.5) is 0 Å². The predicted octanol–water partition coefficient (Wildman–Crippen LogP) is 2.72. The van der Waals surface area contributed by atoms with Crippen molar-refractivity contribution in [3.05, 3.63) is 34.9 Å². The highest BCUT2D eigenvalue weighted by Crippen LogP contribution is 2.41. The van der Waals surface area contributed by atoms with Gasteiger partial charge in [0.15, 0.2) is 0 Å². The number of ether oxygens (including phenoxy) is 1. The third-order valence-corrected chi connectivity index (χ3v) is 6.36. The standard InChI is InChI=1S/C20H25ClN2O3/c21-17-3-1-15(2-4-17)12-23-14-20(11-18(23)24)6-8-22(9-7-20)19(25)16-5-10-26-13-16/h1-4,16H,5-14H2/t16-/m0/s1. The van der Waals surface area contributed by atoms with Gasteiger partial charge in [-0.05, 0) is 37.0 Å². The molecule has 3 aliphatic heterocycles.